The predicted octanol–water partition coefficient (Wildman–Crippen LogP) is 5.43. The summed E-state index contributed by atoms with van der Waals surface area (Å²) in [6, 6.07) is 26.0. The molecule has 3 aromatic carbocycles. The molecule has 5 heteroatoms. The smallest absolute Gasteiger partial charge is 0.261 e. The molecule has 2 aliphatic rings. The van der Waals surface area contributed by atoms with Gasteiger partial charge in [-0.2, -0.15) is 0 Å². The molecule has 2 atom stereocenters. The van der Waals surface area contributed by atoms with Gasteiger partial charge in [-0.05, 0) is 60.6 Å². The number of benzene rings is 3. The lowest BCUT2D eigenvalue weighted by Crippen LogP contribution is -2.43. The number of nitrogens with zero attached hydrogens (tertiary/aromatic N) is 1. The van der Waals surface area contributed by atoms with Crippen LogP contribution in [-0.2, 0) is 22.6 Å². The second kappa shape index (κ2) is 11.0. The van der Waals surface area contributed by atoms with Gasteiger partial charge in [0.05, 0.1) is 6.04 Å². The normalized spacial score (nSPS) is 18.4. The molecule has 186 valence electrons. The summed E-state index contributed by atoms with van der Waals surface area (Å²) in [6.07, 6.45) is 4.44. The summed E-state index contributed by atoms with van der Waals surface area (Å²) in [4.78, 5) is 28.3. The van der Waals surface area contributed by atoms with Gasteiger partial charge in [0.2, 0.25) is 5.91 Å². The first-order valence-electron chi connectivity index (χ1n) is 13.1. The van der Waals surface area contributed by atoms with Crippen molar-refractivity contribution in [3.8, 4) is 5.75 Å². The zero-order valence-electron chi connectivity index (χ0n) is 20.9. The van der Waals surface area contributed by atoms with Gasteiger partial charge in [0.15, 0.2) is 6.10 Å². The monoisotopic (exact) mass is 482 g/mol. The minimum atomic E-state index is -0.637. The first kappa shape index (κ1) is 24.1. The van der Waals surface area contributed by atoms with E-state index in [1.54, 1.807) is 6.92 Å². The average molecular weight is 483 g/mol. The van der Waals surface area contributed by atoms with Gasteiger partial charge in [-0.15, -0.1) is 0 Å². The van der Waals surface area contributed by atoms with E-state index in [-0.39, 0.29) is 23.8 Å². The Morgan fingerprint density at radius 3 is 2.39 bits per heavy atom. The molecular formula is C31H34N2O3. The van der Waals surface area contributed by atoms with Crippen LogP contribution in [-0.4, -0.2) is 29.4 Å². The molecule has 0 radical (unpaired) electrons. The topological polar surface area (TPSA) is 58.6 Å². The maximum atomic E-state index is 13.6. The molecule has 0 unspecified atom stereocenters. The van der Waals surface area contributed by atoms with E-state index in [0.29, 0.717) is 12.3 Å². The second-order valence-corrected chi connectivity index (χ2v) is 9.90. The lowest BCUT2D eigenvalue weighted by Gasteiger charge is -2.39. The molecule has 1 fully saturated rings. The number of amides is 2. The maximum Gasteiger partial charge on any atom is 0.261 e. The summed E-state index contributed by atoms with van der Waals surface area (Å²) < 4.78 is 6.09. The first-order chi connectivity index (χ1) is 17.6. The number of carbonyl (C=O) groups is 2. The highest BCUT2D eigenvalue weighted by molar-refractivity contribution is 5.81. The van der Waals surface area contributed by atoms with Gasteiger partial charge in [-0.3, -0.25) is 9.59 Å². The van der Waals surface area contributed by atoms with Crippen LogP contribution in [0.4, 0.5) is 0 Å². The van der Waals surface area contributed by atoms with E-state index < -0.39 is 6.10 Å². The highest BCUT2D eigenvalue weighted by atomic mass is 16.5. The van der Waals surface area contributed by atoms with Crippen molar-refractivity contribution in [1.29, 1.82) is 0 Å². The molecule has 1 heterocycles. The van der Waals surface area contributed by atoms with Crippen LogP contribution in [0.2, 0.25) is 0 Å². The highest BCUT2D eigenvalue weighted by Gasteiger charge is 2.36. The van der Waals surface area contributed by atoms with Crippen molar-refractivity contribution in [3.05, 3.63) is 101 Å². The van der Waals surface area contributed by atoms with E-state index in [0.717, 1.165) is 55.3 Å². The fraction of sp³-hybridized carbons (Fsp3) is 0.355. The molecule has 3 aromatic rings. The lowest BCUT2D eigenvalue weighted by molar-refractivity contribution is -0.137. The third kappa shape index (κ3) is 5.30. The Bertz CT molecular complexity index is 1190. The van der Waals surface area contributed by atoms with E-state index in [9.17, 15) is 9.59 Å². The first-order valence-corrected chi connectivity index (χ1v) is 13.1. The van der Waals surface area contributed by atoms with Gasteiger partial charge in [0.25, 0.3) is 5.91 Å². The molecule has 36 heavy (non-hydrogen) atoms. The zero-order chi connectivity index (χ0) is 24.9. The largest absolute Gasteiger partial charge is 0.481 e. The van der Waals surface area contributed by atoms with Crippen molar-refractivity contribution in [1.82, 2.24) is 10.2 Å². The molecule has 5 nitrogen and oxygen atoms in total. The fourth-order valence-corrected chi connectivity index (χ4v) is 5.49. The van der Waals surface area contributed by atoms with Gasteiger partial charge in [0.1, 0.15) is 5.75 Å². The Hall–Kier alpha value is -3.60. The molecule has 1 N–H and O–H groups in total. The average Bonchev–Trinajstić information content (AvgIpc) is 3.47. The standard InChI is InChI=1S/C31H34N2O3/c1-22(30(34)32-21-23-10-4-2-5-11-23)36-27-17-16-24-18-19-33(31(35)26-14-8-9-15-26)29(28(24)20-27)25-12-6-3-7-13-25/h2-7,10-13,16-17,20,22,26,29H,8-9,14-15,18-19,21H2,1H3,(H,32,34)/t22-,29+/m0/s1. The van der Waals surface area contributed by atoms with Crippen molar-refractivity contribution in [2.45, 2.75) is 57.7 Å². The number of nitrogens with one attached hydrogen (secondary N) is 1. The number of hydrogen-bond donors (Lipinski definition) is 1. The molecule has 1 aliphatic carbocycles. The van der Waals surface area contributed by atoms with Gasteiger partial charge in [-0.25, -0.2) is 0 Å². The minimum absolute atomic E-state index is 0.130. The number of carbonyl (C=O) groups excluding carboxylic acids is 2. The number of ether oxygens (including phenoxy) is 1. The highest BCUT2D eigenvalue weighted by Crippen LogP contribution is 2.39. The number of fused-ring (bicyclic) bond motifs is 1. The molecule has 5 rings (SSSR count). The molecule has 0 spiro atoms. The van der Waals surface area contributed by atoms with Crippen molar-refractivity contribution < 1.29 is 14.3 Å². The van der Waals surface area contributed by atoms with Crippen LogP contribution in [0.5, 0.6) is 5.75 Å². The van der Waals surface area contributed by atoms with Crippen molar-refractivity contribution in [2.24, 2.45) is 5.92 Å². The van der Waals surface area contributed by atoms with Crippen molar-refractivity contribution in [3.63, 3.8) is 0 Å². The quantitative estimate of drug-likeness (QED) is 0.488. The van der Waals surface area contributed by atoms with Crippen LogP contribution < -0.4 is 10.1 Å². The summed E-state index contributed by atoms with van der Waals surface area (Å²) in [5, 5.41) is 2.95. The lowest BCUT2D eigenvalue weighted by atomic mass is 9.87. The Labute approximate surface area is 213 Å². The summed E-state index contributed by atoms with van der Waals surface area (Å²) >= 11 is 0. The van der Waals surface area contributed by atoms with E-state index in [1.807, 2.05) is 60.7 Å². The summed E-state index contributed by atoms with van der Waals surface area (Å²) in [6.45, 7) is 2.96. The van der Waals surface area contributed by atoms with Crippen LogP contribution in [0.15, 0.2) is 78.9 Å². The predicted molar refractivity (Wildman–Crippen MR) is 140 cm³/mol. The Morgan fingerprint density at radius 1 is 0.972 bits per heavy atom. The second-order valence-electron chi connectivity index (χ2n) is 9.90. The van der Waals surface area contributed by atoms with E-state index in [1.165, 1.54) is 5.56 Å². The SMILES string of the molecule is C[C@H](Oc1ccc2c(c1)[C@@H](c1ccccc1)N(C(=O)C1CCCC1)CC2)C(=O)NCc1ccccc1. The molecule has 0 aromatic heterocycles. The summed E-state index contributed by atoms with van der Waals surface area (Å²) in [5.41, 5.74) is 4.47. The van der Waals surface area contributed by atoms with Crippen LogP contribution in [0.3, 0.4) is 0 Å². The van der Waals surface area contributed by atoms with Crippen LogP contribution in [0, 0.1) is 5.92 Å². The third-order valence-electron chi connectivity index (χ3n) is 7.44. The molecule has 1 saturated carbocycles. The Balaban J connectivity index is 1.36. The van der Waals surface area contributed by atoms with Crippen LogP contribution in [0.1, 0.15) is 60.9 Å². The van der Waals surface area contributed by atoms with Crippen LogP contribution in [0.25, 0.3) is 0 Å². The Kier molecular flexibility index (Phi) is 7.36. The number of hydrogen-bond acceptors (Lipinski definition) is 3. The van der Waals surface area contributed by atoms with Gasteiger partial charge in [-0.1, -0.05) is 79.6 Å². The summed E-state index contributed by atoms with van der Waals surface area (Å²) in [5.74, 6) is 0.888. The minimum Gasteiger partial charge on any atom is -0.481 e. The third-order valence-corrected chi connectivity index (χ3v) is 7.44. The molecule has 0 bridgehead atoms. The fourth-order valence-electron chi connectivity index (χ4n) is 5.49. The molecule has 0 saturated heterocycles. The molecular weight excluding hydrogens is 448 g/mol. The summed E-state index contributed by atoms with van der Waals surface area (Å²) in [7, 11) is 0. The van der Waals surface area contributed by atoms with E-state index in [4.69, 9.17) is 4.74 Å². The van der Waals surface area contributed by atoms with Crippen LogP contribution >= 0.6 is 0 Å². The van der Waals surface area contributed by atoms with Gasteiger partial charge >= 0.3 is 0 Å². The van der Waals surface area contributed by atoms with Crippen molar-refractivity contribution in [2.75, 3.05) is 6.54 Å². The zero-order valence-corrected chi connectivity index (χ0v) is 20.9. The van der Waals surface area contributed by atoms with Gasteiger partial charge in [0, 0.05) is 19.0 Å². The van der Waals surface area contributed by atoms with Crippen molar-refractivity contribution >= 4 is 11.8 Å². The molecule has 1 aliphatic heterocycles. The van der Waals surface area contributed by atoms with Gasteiger partial charge < -0.3 is 15.0 Å². The van der Waals surface area contributed by atoms with E-state index >= 15 is 0 Å². The van der Waals surface area contributed by atoms with E-state index in [2.05, 4.69) is 28.4 Å². The number of rotatable bonds is 7. The maximum absolute atomic E-state index is 13.6. The molecule has 2 amide bonds. The Morgan fingerprint density at radius 2 is 1.67 bits per heavy atom.